The van der Waals surface area contributed by atoms with Gasteiger partial charge in [0.05, 0.1) is 5.52 Å². The largest absolute Gasteiger partial charge is 0.329 e. The van der Waals surface area contributed by atoms with E-state index in [1.54, 1.807) is 0 Å². The van der Waals surface area contributed by atoms with E-state index in [1.807, 2.05) is 54.0 Å². The lowest BCUT2D eigenvalue weighted by Gasteiger charge is -2.03. The number of pyridine rings is 1. The highest BCUT2D eigenvalue weighted by Crippen LogP contribution is 2.17. The Morgan fingerprint density at radius 2 is 1.88 bits per heavy atom. The maximum absolute atomic E-state index is 5.35. The Morgan fingerprint density at radius 1 is 1.12 bits per heavy atom. The predicted molar refractivity (Wildman–Crippen MR) is 71.0 cm³/mol. The van der Waals surface area contributed by atoms with Crippen LogP contribution >= 0.6 is 12.2 Å². The molecule has 4 heteroatoms. The molecule has 17 heavy (non-hydrogen) atoms. The summed E-state index contributed by atoms with van der Waals surface area (Å²) in [5, 5.41) is 0. The van der Waals surface area contributed by atoms with E-state index in [0.29, 0.717) is 4.77 Å². The summed E-state index contributed by atoms with van der Waals surface area (Å²) in [6.07, 6.45) is 0. The van der Waals surface area contributed by atoms with Gasteiger partial charge in [0.15, 0.2) is 10.4 Å². The molecule has 0 amide bonds. The van der Waals surface area contributed by atoms with Gasteiger partial charge in [-0.25, -0.2) is 4.98 Å². The number of hydrogen-bond donors (Lipinski definition) is 1. The smallest absolute Gasteiger partial charge is 0.183 e. The van der Waals surface area contributed by atoms with Crippen LogP contribution in [0.15, 0.2) is 42.5 Å². The first kappa shape index (κ1) is 10.2. The molecule has 0 spiro atoms. The molecular formula is C13H11N3S. The van der Waals surface area contributed by atoms with E-state index in [4.69, 9.17) is 12.2 Å². The van der Waals surface area contributed by atoms with Crippen molar-refractivity contribution in [3.8, 4) is 5.69 Å². The van der Waals surface area contributed by atoms with E-state index < -0.39 is 0 Å². The number of aromatic amines is 1. The Hall–Kier alpha value is -1.94. The maximum atomic E-state index is 5.35. The van der Waals surface area contributed by atoms with Gasteiger partial charge in [-0.1, -0.05) is 18.2 Å². The molecule has 3 rings (SSSR count). The number of aryl methyl sites for hydroxylation is 1. The fraction of sp³-hybridized carbons (Fsp3) is 0.0769. The summed E-state index contributed by atoms with van der Waals surface area (Å²) in [6, 6.07) is 14.0. The summed E-state index contributed by atoms with van der Waals surface area (Å²) >= 11 is 5.35. The zero-order chi connectivity index (χ0) is 11.8. The van der Waals surface area contributed by atoms with Gasteiger partial charge in [0.25, 0.3) is 0 Å². The van der Waals surface area contributed by atoms with Gasteiger partial charge in [-0.3, -0.25) is 4.57 Å². The van der Waals surface area contributed by atoms with Crippen molar-refractivity contribution in [2.24, 2.45) is 0 Å². The Morgan fingerprint density at radius 3 is 2.65 bits per heavy atom. The third kappa shape index (κ3) is 1.66. The van der Waals surface area contributed by atoms with Crippen LogP contribution in [0.5, 0.6) is 0 Å². The molecule has 0 saturated carbocycles. The Balaban J connectivity index is 2.40. The zero-order valence-corrected chi connectivity index (χ0v) is 10.2. The quantitative estimate of drug-likeness (QED) is 0.662. The molecule has 2 aromatic heterocycles. The van der Waals surface area contributed by atoms with Gasteiger partial charge in [0.1, 0.15) is 0 Å². The van der Waals surface area contributed by atoms with Crippen molar-refractivity contribution in [2.75, 3.05) is 0 Å². The second kappa shape index (κ2) is 3.82. The van der Waals surface area contributed by atoms with Gasteiger partial charge < -0.3 is 4.98 Å². The fourth-order valence-electron chi connectivity index (χ4n) is 1.89. The second-order valence-electron chi connectivity index (χ2n) is 3.92. The summed E-state index contributed by atoms with van der Waals surface area (Å²) in [4.78, 5) is 7.71. The molecule has 0 bridgehead atoms. The van der Waals surface area contributed by atoms with Crippen LogP contribution < -0.4 is 0 Å². The van der Waals surface area contributed by atoms with E-state index in [9.17, 15) is 0 Å². The number of rotatable bonds is 1. The van der Waals surface area contributed by atoms with E-state index in [2.05, 4.69) is 9.97 Å². The molecule has 3 nitrogen and oxygen atoms in total. The van der Waals surface area contributed by atoms with Crippen LogP contribution in [-0.2, 0) is 0 Å². The normalized spacial score (nSPS) is 10.9. The SMILES string of the molecule is Cc1ccc2[nH]c(=S)n(-c3ccccc3)c2n1. The Bertz CT molecular complexity index is 725. The van der Waals surface area contributed by atoms with E-state index in [1.165, 1.54) is 0 Å². The Kier molecular flexibility index (Phi) is 2.30. The average Bonchev–Trinajstić information content (AvgIpc) is 2.65. The van der Waals surface area contributed by atoms with Crippen molar-refractivity contribution in [3.05, 3.63) is 52.9 Å². The summed E-state index contributed by atoms with van der Waals surface area (Å²) in [5.41, 5.74) is 3.85. The highest BCUT2D eigenvalue weighted by Gasteiger charge is 2.07. The highest BCUT2D eigenvalue weighted by molar-refractivity contribution is 7.71. The third-order valence-corrected chi connectivity index (χ3v) is 2.97. The Labute approximate surface area is 104 Å². The lowest BCUT2D eigenvalue weighted by molar-refractivity contribution is 1.04. The lowest BCUT2D eigenvalue weighted by atomic mass is 10.3. The standard InChI is InChI=1S/C13H11N3S/c1-9-7-8-11-12(14-9)16(13(17)15-11)10-5-3-2-4-6-10/h2-8H,1H3,(H,15,17). The number of fused-ring (bicyclic) bond motifs is 1. The molecule has 1 N–H and O–H groups in total. The van der Waals surface area contributed by atoms with Crippen molar-refractivity contribution >= 4 is 23.4 Å². The first-order chi connectivity index (χ1) is 8.25. The molecule has 0 aliphatic heterocycles. The molecule has 0 radical (unpaired) electrons. The number of para-hydroxylation sites is 1. The minimum Gasteiger partial charge on any atom is -0.329 e. The molecule has 0 atom stereocenters. The summed E-state index contributed by atoms with van der Waals surface area (Å²) in [6.45, 7) is 1.98. The van der Waals surface area contributed by atoms with Crippen LogP contribution in [0.2, 0.25) is 0 Å². The summed E-state index contributed by atoms with van der Waals surface area (Å²) in [5.74, 6) is 0. The molecule has 0 aliphatic rings. The topological polar surface area (TPSA) is 33.6 Å². The predicted octanol–water partition coefficient (Wildman–Crippen LogP) is 3.39. The van der Waals surface area contributed by atoms with Crippen LogP contribution in [0.25, 0.3) is 16.9 Å². The van der Waals surface area contributed by atoms with Crippen molar-refractivity contribution in [1.82, 2.24) is 14.5 Å². The van der Waals surface area contributed by atoms with Crippen LogP contribution in [-0.4, -0.2) is 14.5 Å². The first-order valence-corrected chi connectivity index (χ1v) is 5.80. The van der Waals surface area contributed by atoms with Crippen LogP contribution in [0, 0.1) is 11.7 Å². The lowest BCUT2D eigenvalue weighted by Crippen LogP contribution is -1.95. The van der Waals surface area contributed by atoms with E-state index in [-0.39, 0.29) is 0 Å². The summed E-state index contributed by atoms with van der Waals surface area (Å²) < 4.78 is 2.63. The zero-order valence-electron chi connectivity index (χ0n) is 9.34. The minimum absolute atomic E-state index is 0.671. The minimum atomic E-state index is 0.671. The first-order valence-electron chi connectivity index (χ1n) is 5.39. The number of aromatic nitrogens is 3. The molecule has 0 unspecified atom stereocenters. The van der Waals surface area contributed by atoms with Crippen LogP contribution in [0.1, 0.15) is 5.69 Å². The van der Waals surface area contributed by atoms with Crippen LogP contribution in [0.3, 0.4) is 0 Å². The van der Waals surface area contributed by atoms with Gasteiger partial charge in [-0.05, 0) is 43.4 Å². The van der Waals surface area contributed by atoms with Crippen LogP contribution in [0.4, 0.5) is 0 Å². The van der Waals surface area contributed by atoms with E-state index >= 15 is 0 Å². The van der Waals surface area contributed by atoms with Gasteiger partial charge in [0.2, 0.25) is 0 Å². The maximum Gasteiger partial charge on any atom is 0.183 e. The average molecular weight is 241 g/mol. The molecule has 0 fully saturated rings. The van der Waals surface area contributed by atoms with Gasteiger partial charge in [-0.2, -0.15) is 0 Å². The number of imidazole rings is 1. The number of hydrogen-bond acceptors (Lipinski definition) is 2. The third-order valence-electron chi connectivity index (χ3n) is 2.69. The van der Waals surface area contributed by atoms with E-state index in [0.717, 1.165) is 22.5 Å². The molecule has 84 valence electrons. The van der Waals surface area contributed by atoms with Gasteiger partial charge >= 0.3 is 0 Å². The van der Waals surface area contributed by atoms with Gasteiger partial charge in [-0.15, -0.1) is 0 Å². The fourth-order valence-corrected chi connectivity index (χ4v) is 2.20. The number of benzene rings is 1. The summed E-state index contributed by atoms with van der Waals surface area (Å²) in [7, 11) is 0. The molecule has 0 saturated heterocycles. The molecular weight excluding hydrogens is 230 g/mol. The molecule has 2 heterocycles. The van der Waals surface area contributed by atoms with Crippen molar-refractivity contribution in [2.45, 2.75) is 6.92 Å². The number of nitrogens with one attached hydrogen (secondary N) is 1. The monoisotopic (exact) mass is 241 g/mol. The molecule has 0 aliphatic carbocycles. The second-order valence-corrected chi connectivity index (χ2v) is 4.31. The number of H-pyrrole nitrogens is 1. The van der Waals surface area contributed by atoms with Crippen molar-refractivity contribution in [3.63, 3.8) is 0 Å². The molecule has 3 aromatic rings. The van der Waals surface area contributed by atoms with Crippen molar-refractivity contribution in [1.29, 1.82) is 0 Å². The van der Waals surface area contributed by atoms with Crippen molar-refractivity contribution < 1.29 is 0 Å². The molecule has 1 aromatic carbocycles. The number of nitrogens with zero attached hydrogens (tertiary/aromatic N) is 2. The van der Waals surface area contributed by atoms with Gasteiger partial charge in [0, 0.05) is 11.4 Å². The highest BCUT2D eigenvalue weighted by atomic mass is 32.1.